The Kier molecular flexibility index (Phi) is 4.03. The number of aryl methyl sites for hydroxylation is 1. The van der Waals surface area contributed by atoms with Gasteiger partial charge in [-0.05, 0) is 12.5 Å². The summed E-state index contributed by atoms with van der Waals surface area (Å²) in [6.45, 7) is 1.99. The van der Waals surface area contributed by atoms with Crippen molar-refractivity contribution in [1.82, 2.24) is 0 Å². The lowest BCUT2D eigenvalue weighted by Gasteiger charge is -2.01. The van der Waals surface area contributed by atoms with Crippen LogP contribution in [0.25, 0.3) is 0 Å². The van der Waals surface area contributed by atoms with E-state index in [4.69, 9.17) is 0 Å². The van der Waals surface area contributed by atoms with E-state index in [0.29, 0.717) is 0 Å². The average molecular weight is 206 g/mol. The number of benzene rings is 1. The molecule has 0 unspecified atom stereocenters. The Morgan fingerprint density at radius 3 is 2.33 bits per heavy atom. The lowest BCUT2D eigenvalue weighted by Crippen LogP contribution is -2.11. The molecular weight excluding hydrogens is 192 g/mol. The van der Waals surface area contributed by atoms with Crippen LogP contribution in [0, 0.1) is 6.92 Å². The molecule has 80 valence electrons. The van der Waals surface area contributed by atoms with Crippen molar-refractivity contribution in [2.75, 3.05) is 7.11 Å². The minimum absolute atomic E-state index is 0.120. The number of carbonyl (C=O) groups excluding carboxylic acids is 2. The molecule has 0 radical (unpaired) electrons. The fraction of sp³-hybridized carbons (Fsp3) is 0.333. The maximum atomic E-state index is 11.4. The van der Waals surface area contributed by atoms with E-state index in [0.717, 1.165) is 11.1 Å². The van der Waals surface area contributed by atoms with E-state index in [1.54, 1.807) is 0 Å². The monoisotopic (exact) mass is 206 g/mol. The number of hydrogen-bond acceptors (Lipinski definition) is 3. The number of hydrogen-bond donors (Lipinski definition) is 0. The summed E-state index contributed by atoms with van der Waals surface area (Å²) in [5.41, 5.74) is 2.08. The van der Waals surface area contributed by atoms with E-state index in [1.807, 2.05) is 31.2 Å². The summed E-state index contributed by atoms with van der Waals surface area (Å²) in [4.78, 5) is 22.2. The molecule has 0 spiro atoms. The third kappa shape index (κ3) is 3.94. The number of carbonyl (C=O) groups is 2. The predicted molar refractivity (Wildman–Crippen MR) is 56.5 cm³/mol. The van der Waals surface area contributed by atoms with Gasteiger partial charge in [0.05, 0.1) is 7.11 Å². The van der Waals surface area contributed by atoms with Crippen LogP contribution >= 0.6 is 0 Å². The fourth-order valence-corrected chi connectivity index (χ4v) is 1.23. The molecular formula is C12H14O3. The molecule has 1 aromatic carbocycles. The van der Waals surface area contributed by atoms with Crippen molar-refractivity contribution < 1.29 is 14.3 Å². The molecule has 0 aromatic heterocycles. The van der Waals surface area contributed by atoms with Gasteiger partial charge in [0.25, 0.3) is 0 Å². The van der Waals surface area contributed by atoms with Gasteiger partial charge in [0.1, 0.15) is 12.2 Å². The smallest absolute Gasteiger partial charge is 0.313 e. The van der Waals surface area contributed by atoms with Gasteiger partial charge in [0, 0.05) is 6.42 Å². The van der Waals surface area contributed by atoms with Crippen LogP contribution in [0.15, 0.2) is 24.3 Å². The average Bonchev–Trinajstić information content (AvgIpc) is 2.21. The first-order valence-corrected chi connectivity index (χ1v) is 4.76. The van der Waals surface area contributed by atoms with Crippen molar-refractivity contribution in [1.29, 1.82) is 0 Å². The quantitative estimate of drug-likeness (QED) is 0.556. The third-order valence-corrected chi connectivity index (χ3v) is 2.09. The minimum atomic E-state index is -0.480. The number of ketones is 1. The van der Waals surface area contributed by atoms with Gasteiger partial charge < -0.3 is 4.74 Å². The number of ether oxygens (including phenoxy) is 1. The standard InChI is InChI=1S/C12H14O3/c1-9-3-5-10(6-4-9)7-11(13)8-12(14)15-2/h3-6H,7-8H2,1-2H3. The third-order valence-electron chi connectivity index (χ3n) is 2.09. The molecule has 3 heteroatoms. The summed E-state index contributed by atoms with van der Waals surface area (Å²) < 4.78 is 4.42. The van der Waals surface area contributed by atoms with Crippen molar-refractivity contribution in [3.05, 3.63) is 35.4 Å². The molecule has 3 nitrogen and oxygen atoms in total. The molecule has 0 atom stereocenters. The summed E-state index contributed by atoms with van der Waals surface area (Å²) in [7, 11) is 1.28. The normalized spacial score (nSPS) is 9.73. The predicted octanol–water partition coefficient (Wildman–Crippen LogP) is 1.67. The van der Waals surface area contributed by atoms with Crippen molar-refractivity contribution in [2.45, 2.75) is 19.8 Å². The van der Waals surface area contributed by atoms with Crippen LogP contribution in [0.2, 0.25) is 0 Å². The Morgan fingerprint density at radius 2 is 1.80 bits per heavy atom. The molecule has 0 amide bonds. The zero-order valence-corrected chi connectivity index (χ0v) is 8.95. The van der Waals surface area contributed by atoms with Gasteiger partial charge in [-0.25, -0.2) is 0 Å². The number of Topliss-reactive ketones (excluding diaryl/α,β-unsaturated/α-hetero) is 1. The van der Waals surface area contributed by atoms with Gasteiger partial charge in [-0.1, -0.05) is 29.8 Å². The van der Waals surface area contributed by atoms with Crippen LogP contribution in [-0.2, 0) is 20.7 Å². The van der Waals surface area contributed by atoms with Crippen LogP contribution < -0.4 is 0 Å². The van der Waals surface area contributed by atoms with E-state index in [-0.39, 0.29) is 18.6 Å². The number of rotatable bonds is 4. The number of esters is 1. The van der Waals surface area contributed by atoms with Crippen LogP contribution in [0.5, 0.6) is 0 Å². The Hall–Kier alpha value is -1.64. The van der Waals surface area contributed by atoms with Gasteiger partial charge in [-0.15, -0.1) is 0 Å². The zero-order chi connectivity index (χ0) is 11.3. The molecule has 0 saturated heterocycles. The van der Waals surface area contributed by atoms with E-state index in [2.05, 4.69) is 4.74 Å². The van der Waals surface area contributed by atoms with Crippen LogP contribution in [0.4, 0.5) is 0 Å². The number of methoxy groups -OCH3 is 1. The molecule has 0 heterocycles. The zero-order valence-electron chi connectivity index (χ0n) is 8.95. The van der Waals surface area contributed by atoms with Gasteiger partial charge in [-0.2, -0.15) is 0 Å². The van der Waals surface area contributed by atoms with Crippen LogP contribution in [-0.4, -0.2) is 18.9 Å². The second-order valence-electron chi connectivity index (χ2n) is 3.45. The highest BCUT2D eigenvalue weighted by Gasteiger charge is 2.09. The molecule has 0 aliphatic rings. The lowest BCUT2D eigenvalue weighted by atomic mass is 10.1. The van der Waals surface area contributed by atoms with Crippen LogP contribution in [0.3, 0.4) is 0 Å². The largest absolute Gasteiger partial charge is 0.469 e. The van der Waals surface area contributed by atoms with Crippen molar-refractivity contribution >= 4 is 11.8 Å². The molecule has 0 saturated carbocycles. The summed E-state index contributed by atoms with van der Waals surface area (Å²) in [5.74, 6) is -0.599. The molecule has 1 rings (SSSR count). The van der Waals surface area contributed by atoms with Gasteiger partial charge in [-0.3, -0.25) is 9.59 Å². The molecule has 15 heavy (non-hydrogen) atoms. The van der Waals surface area contributed by atoms with Gasteiger partial charge >= 0.3 is 5.97 Å². The first kappa shape index (κ1) is 11.4. The topological polar surface area (TPSA) is 43.4 Å². The first-order valence-electron chi connectivity index (χ1n) is 4.76. The lowest BCUT2D eigenvalue weighted by molar-refractivity contribution is -0.143. The van der Waals surface area contributed by atoms with E-state index in [9.17, 15) is 9.59 Å². The van der Waals surface area contributed by atoms with Crippen molar-refractivity contribution in [3.63, 3.8) is 0 Å². The SMILES string of the molecule is COC(=O)CC(=O)Cc1ccc(C)cc1. The molecule has 1 aromatic rings. The highest BCUT2D eigenvalue weighted by Crippen LogP contribution is 2.05. The fourth-order valence-electron chi connectivity index (χ4n) is 1.23. The van der Waals surface area contributed by atoms with Gasteiger partial charge in [0.15, 0.2) is 0 Å². The second-order valence-corrected chi connectivity index (χ2v) is 3.45. The molecule has 0 N–H and O–H groups in total. The second kappa shape index (κ2) is 5.29. The molecule has 0 bridgehead atoms. The maximum absolute atomic E-state index is 11.4. The molecule has 0 aliphatic carbocycles. The maximum Gasteiger partial charge on any atom is 0.313 e. The first-order chi connectivity index (χ1) is 7.11. The Morgan fingerprint density at radius 1 is 1.20 bits per heavy atom. The summed E-state index contributed by atoms with van der Waals surface area (Å²) >= 11 is 0. The summed E-state index contributed by atoms with van der Waals surface area (Å²) in [6.07, 6.45) is 0.139. The molecule has 0 fully saturated rings. The van der Waals surface area contributed by atoms with E-state index < -0.39 is 5.97 Å². The van der Waals surface area contributed by atoms with E-state index in [1.165, 1.54) is 7.11 Å². The van der Waals surface area contributed by atoms with Crippen molar-refractivity contribution in [3.8, 4) is 0 Å². The molecule has 0 aliphatic heterocycles. The summed E-state index contributed by atoms with van der Waals surface area (Å²) in [5, 5.41) is 0. The van der Waals surface area contributed by atoms with Crippen LogP contribution in [0.1, 0.15) is 17.5 Å². The van der Waals surface area contributed by atoms with Gasteiger partial charge in [0.2, 0.25) is 0 Å². The minimum Gasteiger partial charge on any atom is -0.469 e. The van der Waals surface area contributed by atoms with Crippen molar-refractivity contribution in [2.24, 2.45) is 0 Å². The summed E-state index contributed by atoms with van der Waals surface area (Å²) in [6, 6.07) is 7.68. The Labute approximate surface area is 89.1 Å². The highest BCUT2D eigenvalue weighted by molar-refractivity contribution is 5.96. The van der Waals surface area contributed by atoms with E-state index >= 15 is 0 Å². The highest BCUT2D eigenvalue weighted by atomic mass is 16.5. The Balaban J connectivity index is 2.51. The Bertz CT molecular complexity index is 352.